The number of rotatable bonds is 7. The lowest BCUT2D eigenvalue weighted by atomic mass is 9.78. The van der Waals surface area contributed by atoms with Gasteiger partial charge >= 0.3 is 24.5 Å². The molecule has 3 aliphatic rings. The van der Waals surface area contributed by atoms with E-state index in [0.29, 0.717) is 6.92 Å². The zero-order valence-corrected chi connectivity index (χ0v) is 22.9. The molecule has 0 spiro atoms. The van der Waals surface area contributed by atoms with E-state index in [2.05, 4.69) is 13.8 Å². The molecule has 3 aliphatic carbocycles. The highest BCUT2D eigenvalue weighted by molar-refractivity contribution is 5.77. The third-order valence-corrected chi connectivity index (χ3v) is 9.53. The van der Waals surface area contributed by atoms with Crippen molar-refractivity contribution in [2.75, 3.05) is 0 Å². The Hall–Kier alpha value is -1.20. The van der Waals surface area contributed by atoms with Crippen LogP contribution in [0.15, 0.2) is 0 Å². The smallest absolute Gasteiger partial charge is 0.426 e. The predicted molar refractivity (Wildman–Crippen MR) is 126 cm³/mol. The predicted octanol–water partition coefficient (Wildman–Crippen LogP) is 8.78. The van der Waals surface area contributed by atoms with Crippen LogP contribution in [0.4, 0.5) is 39.5 Å². The number of carbonyl (C=O) groups is 1. The quantitative estimate of drug-likeness (QED) is 0.240. The van der Waals surface area contributed by atoms with E-state index in [1.807, 2.05) is 0 Å². The van der Waals surface area contributed by atoms with E-state index in [1.165, 1.54) is 38.5 Å². The van der Waals surface area contributed by atoms with Crippen LogP contribution < -0.4 is 0 Å². The highest BCUT2D eigenvalue weighted by atomic mass is 19.4. The van der Waals surface area contributed by atoms with Crippen molar-refractivity contribution >= 4 is 5.97 Å². The van der Waals surface area contributed by atoms with Gasteiger partial charge in [0.15, 0.2) is 5.41 Å². The van der Waals surface area contributed by atoms with Crippen LogP contribution in [-0.2, 0) is 9.53 Å². The van der Waals surface area contributed by atoms with Crippen molar-refractivity contribution in [3.63, 3.8) is 0 Å². The number of esters is 1. The monoisotopic (exact) mass is 584 g/mol. The maximum atomic E-state index is 13.2. The normalized spacial score (nSPS) is 28.9. The maximum Gasteiger partial charge on any atom is 0.426 e. The molecule has 230 valence electrons. The lowest BCUT2D eigenvalue weighted by Crippen LogP contribution is -2.58. The van der Waals surface area contributed by atoms with Gasteiger partial charge in [-0.2, -0.15) is 39.5 Å². The van der Waals surface area contributed by atoms with Crippen LogP contribution in [0.2, 0.25) is 0 Å². The van der Waals surface area contributed by atoms with Gasteiger partial charge in [0.1, 0.15) is 6.10 Å². The molecule has 0 radical (unpaired) electrons. The van der Waals surface area contributed by atoms with Crippen molar-refractivity contribution in [2.24, 2.45) is 35.0 Å². The van der Waals surface area contributed by atoms with Crippen molar-refractivity contribution < 1.29 is 54.2 Å². The molecule has 3 saturated carbocycles. The van der Waals surface area contributed by atoms with Crippen LogP contribution in [0.1, 0.15) is 98.3 Å². The first-order chi connectivity index (χ1) is 17.7. The lowest BCUT2D eigenvalue weighted by Gasteiger charge is -2.38. The van der Waals surface area contributed by atoms with Gasteiger partial charge in [0.05, 0.1) is 0 Å². The van der Waals surface area contributed by atoms with Crippen LogP contribution in [0.3, 0.4) is 0 Å². The first kappa shape index (κ1) is 34.0. The van der Waals surface area contributed by atoms with Gasteiger partial charge in [-0.1, -0.05) is 59.3 Å². The fraction of sp³-hybridized carbons (Fsp3) is 0.963. The average Bonchev–Trinajstić information content (AvgIpc) is 3.41. The Kier molecular flexibility index (Phi) is 10.8. The Labute approximate surface area is 224 Å². The highest BCUT2D eigenvalue weighted by Gasteiger charge is 2.71. The second-order valence-electron chi connectivity index (χ2n) is 12.0. The molecule has 0 aromatic carbocycles. The molecule has 3 fully saturated rings. The number of hydrogen-bond acceptors (Lipinski definition) is 3. The van der Waals surface area contributed by atoms with Crippen molar-refractivity contribution in [2.45, 2.75) is 129 Å². The molecule has 0 heterocycles. The van der Waals surface area contributed by atoms with Gasteiger partial charge in [0.2, 0.25) is 0 Å². The number of ether oxygens (including phenoxy) is 1. The van der Waals surface area contributed by atoms with E-state index in [-0.39, 0.29) is 25.2 Å². The molecule has 12 heteroatoms. The molecule has 0 aliphatic heterocycles. The summed E-state index contributed by atoms with van der Waals surface area (Å²) in [6.45, 7) is 6.48. The number of carbonyl (C=O) groups excluding carboxylic acids is 1. The second-order valence-corrected chi connectivity index (χ2v) is 12.0. The van der Waals surface area contributed by atoms with Gasteiger partial charge in [-0.15, -0.1) is 0 Å². The molecule has 2 bridgehead atoms. The van der Waals surface area contributed by atoms with E-state index in [0.717, 1.165) is 18.8 Å². The summed E-state index contributed by atoms with van der Waals surface area (Å²) in [5.41, 5.74) is -7.77. The number of halogens is 9. The summed E-state index contributed by atoms with van der Waals surface area (Å²) < 4.78 is 122. The van der Waals surface area contributed by atoms with E-state index in [1.54, 1.807) is 0 Å². The molecule has 6 atom stereocenters. The summed E-state index contributed by atoms with van der Waals surface area (Å²) in [7, 11) is 0. The topological polar surface area (TPSA) is 46.5 Å². The second kappa shape index (κ2) is 12.3. The molecular weight excluding hydrogens is 543 g/mol. The molecule has 0 aromatic rings. The zero-order valence-electron chi connectivity index (χ0n) is 22.9. The molecule has 3 rings (SSSR count). The Balaban J connectivity index is 0.000000446. The van der Waals surface area contributed by atoms with Crippen molar-refractivity contribution in [3.05, 3.63) is 0 Å². The van der Waals surface area contributed by atoms with Gasteiger partial charge in [0, 0.05) is 0 Å². The van der Waals surface area contributed by atoms with Crippen LogP contribution in [0.5, 0.6) is 0 Å². The third-order valence-electron chi connectivity index (χ3n) is 9.53. The minimum atomic E-state index is -5.98. The van der Waals surface area contributed by atoms with E-state index < -0.39 is 66.3 Å². The third kappa shape index (κ3) is 7.36. The van der Waals surface area contributed by atoms with Crippen molar-refractivity contribution in [3.8, 4) is 0 Å². The zero-order chi connectivity index (χ0) is 30.0. The molecule has 1 N–H and O–H groups in total. The van der Waals surface area contributed by atoms with Gasteiger partial charge in [0.25, 0.3) is 5.60 Å². The molecule has 0 saturated heterocycles. The van der Waals surface area contributed by atoms with Crippen LogP contribution >= 0.6 is 0 Å². The molecule has 3 nitrogen and oxygen atoms in total. The Morgan fingerprint density at radius 3 is 1.82 bits per heavy atom. The van der Waals surface area contributed by atoms with E-state index >= 15 is 0 Å². The van der Waals surface area contributed by atoms with Crippen molar-refractivity contribution in [1.29, 1.82) is 0 Å². The fourth-order valence-corrected chi connectivity index (χ4v) is 6.33. The maximum absolute atomic E-state index is 13.2. The van der Waals surface area contributed by atoms with Crippen LogP contribution in [-0.4, -0.2) is 41.3 Å². The lowest BCUT2D eigenvalue weighted by molar-refractivity contribution is -0.373. The summed E-state index contributed by atoms with van der Waals surface area (Å²) in [6.07, 6.45) is -11.4. The van der Waals surface area contributed by atoms with Crippen molar-refractivity contribution in [1.82, 2.24) is 0 Å². The largest absolute Gasteiger partial charge is 0.461 e. The Morgan fingerprint density at radius 1 is 0.872 bits per heavy atom. The molecule has 6 unspecified atom stereocenters. The summed E-state index contributed by atoms with van der Waals surface area (Å²) in [5.74, 6) is -2.20. The number of alkyl halides is 9. The Bertz CT molecular complexity index is 788. The SMILES string of the molecule is CCC(C)(C(=O)OC1CC2CC(CC(O)(C(F)(F)F)C(F)(F)F)C1C2)C(F)(F)F.CCC(C)C1CCCCC1. The van der Waals surface area contributed by atoms with E-state index in [9.17, 15) is 49.4 Å². The summed E-state index contributed by atoms with van der Waals surface area (Å²) in [4.78, 5) is 12.1. The minimum absolute atomic E-state index is 0.0580. The summed E-state index contributed by atoms with van der Waals surface area (Å²) in [5, 5.41) is 9.41. The fourth-order valence-electron chi connectivity index (χ4n) is 6.33. The van der Waals surface area contributed by atoms with Crippen LogP contribution in [0, 0.1) is 35.0 Å². The number of fused-ring (bicyclic) bond motifs is 2. The number of aliphatic hydroxyl groups is 1. The number of hydrogen-bond donors (Lipinski definition) is 1. The first-order valence-electron chi connectivity index (χ1n) is 13.8. The molecular formula is C27H41F9O3. The van der Waals surface area contributed by atoms with Gasteiger partial charge in [-0.05, 0) is 68.6 Å². The molecule has 39 heavy (non-hydrogen) atoms. The van der Waals surface area contributed by atoms with Crippen LogP contribution in [0.25, 0.3) is 0 Å². The standard InChI is InChI=1S/C17H21F9O3.C10H20/c1-3-13(2,15(18,19)20)12(27)29-11-6-8-4-9(10(11)5-8)7-14(28,16(21,22)23)17(24,25)26;1-3-9(2)10-7-5-4-6-8-10/h8-11,28H,3-7H2,1-2H3;9-10H,3-8H2,1-2H3. The highest BCUT2D eigenvalue weighted by Crippen LogP contribution is 2.56. The van der Waals surface area contributed by atoms with E-state index in [4.69, 9.17) is 4.74 Å². The van der Waals surface area contributed by atoms with Gasteiger partial charge in [-0.25, -0.2) is 0 Å². The molecule has 0 aromatic heterocycles. The average molecular weight is 585 g/mol. The van der Waals surface area contributed by atoms with Gasteiger partial charge < -0.3 is 9.84 Å². The Morgan fingerprint density at radius 2 is 1.41 bits per heavy atom. The summed E-state index contributed by atoms with van der Waals surface area (Å²) in [6, 6.07) is 0. The minimum Gasteiger partial charge on any atom is -0.461 e. The molecule has 0 amide bonds. The van der Waals surface area contributed by atoms with Gasteiger partial charge in [-0.3, -0.25) is 4.79 Å². The first-order valence-corrected chi connectivity index (χ1v) is 13.8. The summed E-state index contributed by atoms with van der Waals surface area (Å²) >= 11 is 0.